The van der Waals surface area contributed by atoms with Gasteiger partial charge in [-0.2, -0.15) is 0 Å². The smallest absolute Gasteiger partial charge is 0.155 e. The van der Waals surface area contributed by atoms with Crippen molar-refractivity contribution < 1.29 is 0 Å². The van der Waals surface area contributed by atoms with Crippen molar-refractivity contribution >= 4 is 17.4 Å². The van der Waals surface area contributed by atoms with Crippen molar-refractivity contribution in [3.8, 4) is 0 Å². The van der Waals surface area contributed by atoms with E-state index in [2.05, 4.69) is 23.2 Å². The highest BCUT2D eigenvalue weighted by molar-refractivity contribution is 6.31. The molecule has 0 saturated carbocycles. The molecule has 0 aromatic carbocycles. The van der Waals surface area contributed by atoms with E-state index in [0.717, 1.165) is 50.3 Å². The van der Waals surface area contributed by atoms with Gasteiger partial charge in [0.05, 0.1) is 5.03 Å². The van der Waals surface area contributed by atoms with Gasteiger partial charge in [0.25, 0.3) is 0 Å². The summed E-state index contributed by atoms with van der Waals surface area (Å²) in [6.45, 7) is 4.11. The molecule has 6 nitrogen and oxygen atoms in total. The summed E-state index contributed by atoms with van der Waals surface area (Å²) in [5.74, 6) is 1.58. The first-order valence-electron chi connectivity index (χ1n) is 9.38. The standard InChI is InChI=1S/C19H29ClN6/c1-3-4-5-13-10-17(26-9-7-14(12-26)23-2)25-18(24-13)19(22)8-6-15(20)16(21)11-19/h6,8,10,14,23H,3-5,7,9,11-12,21-22H2,1-2H3. The third-order valence-electron chi connectivity index (χ3n) is 5.21. The lowest BCUT2D eigenvalue weighted by atomic mass is 9.89. The highest BCUT2D eigenvalue weighted by atomic mass is 35.5. The highest BCUT2D eigenvalue weighted by Crippen LogP contribution is 2.32. The molecule has 0 spiro atoms. The maximum atomic E-state index is 6.64. The molecular formula is C19H29ClN6. The minimum atomic E-state index is -0.818. The Labute approximate surface area is 160 Å². The van der Waals surface area contributed by atoms with Gasteiger partial charge < -0.3 is 21.7 Å². The highest BCUT2D eigenvalue weighted by Gasteiger charge is 2.33. The number of aromatic nitrogens is 2. The molecule has 5 N–H and O–H groups in total. The maximum Gasteiger partial charge on any atom is 0.155 e. The number of unbranched alkanes of at least 4 members (excludes halogenated alkanes) is 1. The number of nitrogens with one attached hydrogen (secondary N) is 1. The van der Waals surface area contributed by atoms with Crippen LogP contribution in [0.4, 0.5) is 5.82 Å². The van der Waals surface area contributed by atoms with Crippen LogP contribution < -0.4 is 21.7 Å². The Morgan fingerprint density at radius 3 is 2.88 bits per heavy atom. The number of nitrogens with zero attached hydrogens (tertiary/aromatic N) is 3. The molecule has 1 aliphatic carbocycles. The molecule has 7 heteroatoms. The van der Waals surface area contributed by atoms with Crippen molar-refractivity contribution in [2.75, 3.05) is 25.0 Å². The van der Waals surface area contributed by atoms with Crippen LogP contribution >= 0.6 is 11.6 Å². The third kappa shape index (κ3) is 4.03. The maximum absolute atomic E-state index is 6.64. The molecule has 1 aromatic heterocycles. The molecule has 1 fully saturated rings. The summed E-state index contributed by atoms with van der Waals surface area (Å²) in [7, 11) is 2.01. The fourth-order valence-corrected chi connectivity index (χ4v) is 3.61. The summed E-state index contributed by atoms with van der Waals surface area (Å²) >= 11 is 6.10. The number of aryl methyl sites for hydroxylation is 1. The van der Waals surface area contributed by atoms with Gasteiger partial charge in [-0.25, -0.2) is 9.97 Å². The van der Waals surface area contributed by atoms with Crippen molar-refractivity contribution in [3.63, 3.8) is 0 Å². The van der Waals surface area contributed by atoms with Crippen molar-refractivity contribution in [3.05, 3.63) is 40.5 Å². The molecule has 3 rings (SSSR count). The van der Waals surface area contributed by atoms with Crippen LogP contribution in [-0.4, -0.2) is 36.1 Å². The average molecular weight is 377 g/mol. The topological polar surface area (TPSA) is 93.1 Å². The van der Waals surface area contributed by atoms with Crippen molar-refractivity contribution in [1.82, 2.24) is 15.3 Å². The molecule has 0 bridgehead atoms. The first kappa shape index (κ1) is 19.1. The van der Waals surface area contributed by atoms with Gasteiger partial charge >= 0.3 is 0 Å². The number of hydrogen-bond acceptors (Lipinski definition) is 6. The number of hydrogen-bond donors (Lipinski definition) is 3. The summed E-state index contributed by atoms with van der Waals surface area (Å²) < 4.78 is 0. The monoisotopic (exact) mass is 376 g/mol. The summed E-state index contributed by atoms with van der Waals surface area (Å²) in [6, 6.07) is 2.60. The second kappa shape index (κ2) is 7.94. The molecule has 142 valence electrons. The van der Waals surface area contributed by atoms with Crippen LogP contribution in [0.1, 0.15) is 44.1 Å². The molecule has 2 atom stereocenters. The summed E-state index contributed by atoms with van der Waals surface area (Å²) in [5.41, 5.74) is 13.5. The van der Waals surface area contributed by atoms with Crippen LogP contribution in [0.15, 0.2) is 28.9 Å². The van der Waals surface area contributed by atoms with E-state index in [-0.39, 0.29) is 0 Å². The number of anilines is 1. The van der Waals surface area contributed by atoms with Crippen LogP contribution in [0.5, 0.6) is 0 Å². The first-order valence-corrected chi connectivity index (χ1v) is 9.76. The third-order valence-corrected chi connectivity index (χ3v) is 5.57. The Balaban J connectivity index is 1.94. The van der Waals surface area contributed by atoms with Gasteiger partial charge in [-0.3, -0.25) is 0 Å². The Bertz CT molecular complexity index is 716. The molecule has 1 aliphatic heterocycles. The Morgan fingerprint density at radius 1 is 1.42 bits per heavy atom. The van der Waals surface area contributed by atoms with Gasteiger partial charge in [-0.1, -0.05) is 31.0 Å². The number of rotatable bonds is 6. The van der Waals surface area contributed by atoms with Gasteiger partial charge in [-0.15, -0.1) is 0 Å². The molecule has 2 aliphatic rings. The predicted molar refractivity (Wildman–Crippen MR) is 107 cm³/mol. The minimum Gasteiger partial charge on any atom is -0.401 e. The largest absolute Gasteiger partial charge is 0.401 e. The molecular weight excluding hydrogens is 348 g/mol. The quantitative estimate of drug-likeness (QED) is 0.704. The van der Waals surface area contributed by atoms with Crippen molar-refractivity contribution in [2.24, 2.45) is 11.5 Å². The molecule has 0 radical (unpaired) electrons. The zero-order valence-electron chi connectivity index (χ0n) is 15.6. The summed E-state index contributed by atoms with van der Waals surface area (Å²) in [5, 5.41) is 3.90. The SMILES string of the molecule is CCCCc1cc(N2CCC(NC)C2)nc(C2(N)C=CC(Cl)=C(N)C2)n1. The van der Waals surface area contributed by atoms with Crippen LogP contribution in [-0.2, 0) is 12.0 Å². The van der Waals surface area contributed by atoms with E-state index in [9.17, 15) is 0 Å². The van der Waals surface area contributed by atoms with Gasteiger partial charge in [0, 0.05) is 43.0 Å². The summed E-state index contributed by atoms with van der Waals surface area (Å²) in [4.78, 5) is 11.9. The number of halogens is 1. The van der Waals surface area contributed by atoms with Gasteiger partial charge in [-0.05, 0) is 32.4 Å². The molecule has 1 aromatic rings. The predicted octanol–water partition coefficient (Wildman–Crippen LogP) is 2.14. The lowest BCUT2D eigenvalue weighted by Gasteiger charge is -2.29. The number of allylic oxidation sites excluding steroid dienone is 2. The zero-order valence-corrected chi connectivity index (χ0v) is 16.4. The molecule has 0 amide bonds. The van der Waals surface area contributed by atoms with Crippen molar-refractivity contribution in [2.45, 2.75) is 50.6 Å². The lowest BCUT2D eigenvalue weighted by molar-refractivity contribution is 0.504. The van der Waals surface area contributed by atoms with E-state index < -0.39 is 5.54 Å². The Hall–Kier alpha value is -1.63. The van der Waals surface area contributed by atoms with Gasteiger partial charge in [0.2, 0.25) is 0 Å². The average Bonchev–Trinajstić information content (AvgIpc) is 3.12. The van der Waals surface area contributed by atoms with Crippen molar-refractivity contribution in [1.29, 1.82) is 0 Å². The fourth-order valence-electron chi connectivity index (χ4n) is 3.48. The normalized spacial score (nSPS) is 26.0. The van der Waals surface area contributed by atoms with Crippen LogP contribution in [0.25, 0.3) is 0 Å². The van der Waals surface area contributed by atoms with Gasteiger partial charge in [0.1, 0.15) is 11.4 Å². The number of likely N-dealkylation sites (N-methyl/N-ethyl adjacent to an activating group) is 1. The van der Waals surface area contributed by atoms with E-state index >= 15 is 0 Å². The zero-order chi connectivity index (χ0) is 18.7. The fraction of sp³-hybridized carbons (Fsp3) is 0.579. The molecule has 2 heterocycles. The second-order valence-corrected chi connectivity index (χ2v) is 7.70. The van der Waals surface area contributed by atoms with E-state index in [1.807, 2.05) is 13.1 Å². The van der Waals surface area contributed by atoms with Crippen LogP contribution in [0.2, 0.25) is 0 Å². The summed E-state index contributed by atoms with van der Waals surface area (Å²) in [6.07, 6.45) is 8.31. The minimum absolute atomic E-state index is 0.429. The van der Waals surface area contributed by atoms with E-state index in [1.54, 1.807) is 6.08 Å². The number of nitrogens with two attached hydrogens (primary N) is 2. The molecule has 1 saturated heterocycles. The van der Waals surface area contributed by atoms with Crippen LogP contribution in [0, 0.1) is 0 Å². The first-order chi connectivity index (χ1) is 12.4. The Kier molecular flexibility index (Phi) is 5.85. The second-order valence-electron chi connectivity index (χ2n) is 7.29. The van der Waals surface area contributed by atoms with E-state index in [4.69, 9.17) is 33.0 Å². The molecule has 2 unspecified atom stereocenters. The molecule has 26 heavy (non-hydrogen) atoms. The Morgan fingerprint density at radius 2 is 2.23 bits per heavy atom. The van der Waals surface area contributed by atoms with E-state index in [1.165, 1.54) is 0 Å². The van der Waals surface area contributed by atoms with Crippen LogP contribution in [0.3, 0.4) is 0 Å². The van der Waals surface area contributed by atoms with Gasteiger partial charge in [0.15, 0.2) is 5.82 Å². The van der Waals surface area contributed by atoms with E-state index in [0.29, 0.717) is 29.0 Å². The lowest BCUT2D eigenvalue weighted by Crippen LogP contribution is -2.40.